The predicted octanol–water partition coefficient (Wildman–Crippen LogP) is 2.63. The SMILES string of the molecule is Cc1ccc(Cl)cc1S(=O)(=O)NCC1CCN(c2cnccn2)CC1. The van der Waals surface area contributed by atoms with Crippen molar-refractivity contribution < 1.29 is 8.42 Å². The van der Waals surface area contributed by atoms with E-state index >= 15 is 0 Å². The highest BCUT2D eigenvalue weighted by molar-refractivity contribution is 7.89. The zero-order valence-electron chi connectivity index (χ0n) is 14.0. The van der Waals surface area contributed by atoms with Crippen molar-refractivity contribution in [3.05, 3.63) is 47.4 Å². The van der Waals surface area contributed by atoms with Crippen molar-refractivity contribution in [3.8, 4) is 0 Å². The zero-order valence-corrected chi connectivity index (χ0v) is 15.6. The van der Waals surface area contributed by atoms with Gasteiger partial charge < -0.3 is 4.90 Å². The van der Waals surface area contributed by atoms with Crippen molar-refractivity contribution in [3.63, 3.8) is 0 Å². The number of nitrogens with zero attached hydrogens (tertiary/aromatic N) is 3. The van der Waals surface area contributed by atoms with Crippen molar-refractivity contribution in [2.45, 2.75) is 24.7 Å². The molecule has 0 unspecified atom stereocenters. The van der Waals surface area contributed by atoms with Crippen molar-refractivity contribution in [2.24, 2.45) is 5.92 Å². The Kier molecular flexibility index (Phi) is 5.56. The van der Waals surface area contributed by atoms with Gasteiger partial charge in [0.2, 0.25) is 10.0 Å². The first kappa shape index (κ1) is 18.1. The van der Waals surface area contributed by atoms with Crippen LogP contribution in [0.15, 0.2) is 41.7 Å². The monoisotopic (exact) mass is 380 g/mol. The van der Waals surface area contributed by atoms with Crippen molar-refractivity contribution in [1.82, 2.24) is 14.7 Å². The molecule has 0 atom stereocenters. The first-order valence-electron chi connectivity index (χ1n) is 8.22. The number of aromatic nitrogens is 2. The fourth-order valence-corrected chi connectivity index (χ4v) is 4.61. The number of hydrogen-bond acceptors (Lipinski definition) is 5. The summed E-state index contributed by atoms with van der Waals surface area (Å²) in [7, 11) is -3.55. The fourth-order valence-electron chi connectivity index (χ4n) is 2.99. The van der Waals surface area contributed by atoms with Crippen molar-refractivity contribution >= 4 is 27.4 Å². The van der Waals surface area contributed by atoms with Crippen LogP contribution in [0.2, 0.25) is 5.02 Å². The van der Waals surface area contributed by atoms with Crippen LogP contribution in [0, 0.1) is 12.8 Å². The molecule has 3 rings (SSSR count). The molecule has 1 aromatic heterocycles. The molecule has 2 aromatic rings. The third-order valence-electron chi connectivity index (χ3n) is 4.49. The molecule has 6 nitrogen and oxygen atoms in total. The second-order valence-corrected chi connectivity index (χ2v) is 8.43. The van der Waals surface area contributed by atoms with Gasteiger partial charge in [0, 0.05) is 37.1 Å². The van der Waals surface area contributed by atoms with E-state index in [1.165, 1.54) is 6.07 Å². The molecule has 1 aromatic carbocycles. The van der Waals surface area contributed by atoms with E-state index in [2.05, 4.69) is 19.6 Å². The summed E-state index contributed by atoms with van der Waals surface area (Å²) in [5, 5.41) is 0.420. The van der Waals surface area contributed by atoms with E-state index in [0.717, 1.165) is 31.7 Å². The number of halogens is 1. The molecule has 0 aliphatic carbocycles. The smallest absolute Gasteiger partial charge is 0.240 e. The molecule has 0 spiro atoms. The summed E-state index contributed by atoms with van der Waals surface area (Å²) in [6, 6.07) is 4.91. The molecule has 2 heterocycles. The molecule has 0 amide bonds. The van der Waals surface area contributed by atoms with Crippen LogP contribution in [0.25, 0.3) is 0 Å². The summed E-state index contributed by atoms with van der Waals surface area (Å²) in [6.45, 7) is 3.90. The van der Waals surface area contributed by atoms with Crippen LogP contribution in [0.1, 0.15) is 18.4 Å². The number of hydrogen-bond donors (Lipinski definition) is 1. The number of anilines is 1. The van der Waals surface area contributed by atoms with Gasteiger partial charge in [-0.3, -0.25) is 4.98 Å². The fraction of sp³-hybridized carbons (Fsp3) is 0.412. The summed E-state index contributed by atoms with van der Waals surface area (Å²) in [5.74, 6) is 1.18. The van der Waals surface area contributed by atoms with Crippen LogP contribution in [0.4, 0.5) is 5.82 Å². The van der Waals surface area contributed by atoms with E-state index in [-0.39, 0.29) is 4.90 Å². The van der Waals surface area contributed by atoms with E-state index in [9.17, 15) is 8.42 Å². The van der Waals surface area contributed by atoms with Gasteiger partial charge >= 0.3 is 0 Å². The average Bonchev–Trinajstić information content (AvgIpc) is 2.63. The molecule has 0 saturated carbocycles. The highest BCUT2D eigenvalue weighted by Crippen LogP contribution is 2.23. The van der Waals surface area contributed by atoms with Gasteiger partial charge in [-0.05, 0) is 43.4 Å². The van der Waals surface area contributed by atoms with Crippen LogP contribution in [-0.4, -0.2) is 38.0 Å². The molecule has 0 bridgehead atoms. The highest BCUT2D eigenvalue weighted by Gasteiger charge is 2.23. The molecule has 8 heteroatoms. The van der Waals surface area contributed by atoms with Gasteiger partial charge in [0.05, 0.1) is 11.1 Å². The van der Waals surface area contributed by atoms with E-state index in [1.54, 1.807) is 37.6 Å². The van der Waals surface area contributed by atoms with Crippen molar-refractivity contribution in [1.29, 1.82) is 0 Å². The zero-order chi connectivity index (χ0) is 17.9. The minimum atomic E-state index is -3.55. The van der Waals surface area contributed by atoms with Crippen LogP contribution < -0.4 is 9.62 Å². The van der Waals surface area contributed by atoms with E-state index in [0.29, 0.717) is 23.0 Å². The maximum atomic E-state index is 12.5. The topological polar surface area (TPSA) is 75.2 Å². The van der Waals surface area contributed by atoms with Gasteiger partial charge in [-0.25, -0.2) is 18.1 Å². The number of nitrogens with one attached hydrogen (secondary N) is 1. The third kappa shape index (κ3) is 4.48. The molecule has 1 aliphatic heterocycles. The Morgan fingerprint density at radius 1 is 1.28 bits per heavy atom. The quantitative estimate of drug-likeness (QED) is 0.863. The Morgan fingerprint density at radius 2 is 2.04 bits per heavy atom. The Hall–Kier alpha value is -1.70. The predicted molar refractivity (Wildman–Crippen MR) is 98.3 cm³/mol. The van der Waals surface area contributed by atoms with E-state index in [1.807, 2.05) is 0 Å². The Morgan fingerprint density at radius 3 is 2.72 bits per heavy atom. The summed E-state index contributed by atoms with van der Waals surface area (Å²) >= 11 is 5.94. The summed E-state index contributed by atoms with van der Waals surface area (Å²) in [6.07, 6.45) is 6.91. The molecular formula is C17H21ClN4O2S. The van der Waals surface area contributed by atoms with Crippen LogP contribution in [0.5, 0.6) is 0 Å². The van der Waals surface area contributed by atoms with Gasteiger partial charge in [-0.1, -0.05) is 17.7 Å². The van der Waals surface area contributed by atoms with Gasteiger partial charge in [0.25, 0.3) is 0 Å². The second-order valence-electron chi connectivity index (χ2n) is 6.26. The third-order valence-corrected chi connectivity index (χ3v) is 6.29. The lowest BCUT2D eigenvalue weighted by Crippen LogP contribution is -2.39. The van der Waals surface area contributed by atoms with E-state index in [4.69, 9.17) is 11.6 Å². The molecule has 134 valence electrons. The minimum absolute atomic E-state index is 0.247. The van der Waals surface area contributed by atoms with Crippen LogP contribution >= 0.6 is 11.6 Å². The molecule has 1 aliphatic rings. The van der Waals surface area contributed by atoms with Crippen LogP contribution in [-0.2, 0) is 10.0 Å². The summed E-state index contributed by atoms with van der Waals surface area (Å²) in [5.41, 5.74) is 0.689. The Bertz CT molecular complexity index is 822. The minimum Gasteiger partial charge on any atom is -0.355 e. The first-order valence-corrected chi connectivity index (χ1v) is 10.1. The number of sulfonamides is 1. The lowest BCUT2D eigenvalue weighted by Gasteiger charge is -2.32. The standard InChI is InChI=1S/C17H21ClN4O2S/c1-13-2-3-15(18)10-16(13)25(23,24)21-11-14-4-8-22(9-5-14)17-12-19-6-7-20-17/h2-3,6-7,10,12,14,21H,4-5,8-9,11H2,1H3. The first-order chi connectivity index (χ1) is 12.0. The number of benzene rings is 1. The van der Waals surface area contributed by atoms with Gasteiger partial charge in [0.15, 0.2) is 0 Å². The largest absolute Gasteiger partial charge is 0.355 e. The lowest BCUT2D eigenvalue weighted by molar-refractivity contribution is 0.400. The summed E-state index contributed by atoms with van der Waals surface area (Å²) in [4.78, 5) is 10.8. The average molecular weight is 381 g/mol. The number of aryl methyl sites for hydroxylation is 1. The molecule has 1 saturated heterocycles. The normalized spacial score (nSPS) is 16.2. The molecule has 1 fully saturated rings. The molecular weight excluding hydrogens is 360 g/mol. The summed E-state index contributed by atoms with van der Waals surface area (Å²) < 4.78 is 27.8. The Balaban J connectivity index is 1.57. The number of piperidine rings is 1. The highest BCUT2D eigenvalue weighted by atomic mass is 35.5. The second kappa shape index (κ2) is 7.68. The van der Waals surface area contributed by atoms with Gasteiger partial charge in [0.1, 0.15) is 5.82 Å². The molecule has 25 heavy (non-hydrogen) atoms. The molecule has 0 radical (unpaired) electrons. The molecule has 1 N–H and O–H groups in total. The maximum Gasteiger partial charge on any atom is 0.240 e. The maximum absolute atomic E-state index is 12.5. The van der Waals surface area contributed by atoms with Crippen molar-refractivity contribution in [2.75, 3.05) is 24.5 Å². The van der Waals surface area contributed by atoms with Crippen LogP contribution in [0.3, 0.4) is 0 Å². The van der Waals surface area contributed by atoms with Gasteiger partial charge in [-0.15, -0.1) is 0 Å². The van der Waals surface area contributed by atoms with E-state index < -0.39 is 10.0 Å². The number of rotatable bonds is 5. The Labute approximate surface area is 153 Å². The van der Waals surface area contributed by atoms with Gasteiger partial charge in [-0.2, -0.15) is 0 Å². The lowest BCUT2D eigenvalue weighted by atomic mass is 9.97.